The van der Waals surface area contributed by atoms with Crippen molar-refractivity contribution in [3.05, 3.63) is 29.8 Å². The molecule has 1 atom stereocenters. The Morgan fingerprint density at radius 2 is 1.73 bits per heavy atom. The molecule has 0 saturated heterocycles. The maximum absolute atomic E-state index is 12.0. The van der Waals surface area contributed by atoms with Gasteiger partial charge in [0.05, 0.1) is 25.3 Å². The lowest BCUT2D eigenvalue weighted by Gasteiger charge is -2.27. The predicted molar refractivity (Wildman–Crippen MR) is 131 cm³/mol. The summed E-state index contributed by atoms with van der Waals surface area (Å²) in [5, 5.41) is 19.5. The molecular formula is C21H37IN4O4. The van der Waals surface area contributed by atoms with Crippen LogP contribution in [-0.2, 0) is 4.74 Å². The molecule has 1 amide bonds. The van der Waals surface area contributed by atoms with E-state index in [0.717, 1.165) is 11.3 Å². The lowest BCUT2D eigenvalue weighted by molar-refractivity contribution is 0.0476. The average molecular weight is 536 g/mol. The number of carbonyl (C=O) groups is 1. The average Bonchev–Trinajstić information content (AvgIpc) is 2.61. The number of guanidine groups is 1. The molecule has 172 valence electrons. The standard InChI is InChI=1S/C21H36N4O4.HI/c1-8-22-18(23-13-17(26)15-9-11-16(28-7)12-10-15)24-14-21(5,6)25-19(27)29-20(2,3)4;/h9-12,17,26H,8,13-14H2,1-7H3,(H,25,27)(H2,22,23,24);1H. The van der Waals surface area contributed by atoms with Crippen molar-refractivity contribution >= 4 is 36.0 Å². The van der Waals surface area contributed by atoms with Crippen LogP contribution in [0, 0.1) is 0 Å². The molecular weight excluding hydrogens is 499 g/mol. The molecule has 0 radical (unpaired) electrons. The largest absolute Gasteiger partial charge is 0.497 e. The summed E-state index contributed by atoms with van der Waals surface area (Å²) in [5.74, 6) is 1.29. The fourth-order valence-electron chi connectivity index (χ4n) is 2.38. The highest BCUT2D eigenvalue weighted by Gasteiger charge is 2.24. The molecule has 0 aliphatic heterocycles. The molecule has 4 N–H and O–H groups in total. The fourth-order valence-corrected chi connectivity index (χ4v) is 2.38. The second-order valence-electron chi connectivity index (χ2n) is 8.38. The van der Waals surface area contributed by atoms with Crippen molar-refractivity contribution in [3.8, 4) is 5.75 Å². The summed E-state index contributed by atoms with van der Waals surface area (Å²) < 4.78 is 10.4. The minimum Gasteiger partial charge on any atom is -0.497 e. The number of ether oxygens (including phenoxy) is 2. The molecule has 0 saturated carbocycles. The molecule has 0 aliphatic carbocycles. The van der Waals surface area contributed by atoms with E-state index in [2.05, 4.69) is 20.9 Å². The Hall–Kier alpha value is -1.75. The van der Waals surface area contributed by atoms with E-state index in [1.807, 2.05) is 65.8 Å². The number of amides is 1. The third-order valence-corrected chi connectivity index (χ3v) is 3.78. The first-order valence-electron chi connectivity index (χ1n) is 9.81. The van der Waals surface area contributed by atoms with Crippen molar-refractivity contribution in [2.45, 2.75) is 58.8 Å². The van der Waals surface area contributed by atoms with Crippen molar-refractivity contribution in [1.82, 2.24) is 16.0 Å². The molecule has 9 heteroatoms. The van der Waals surface area contributed by atoms with Gasteiger partial charge in [0.1, 0.15) is 11.4 Å². The van der Waals surface area contributed by atoms with Gasteiger partial charge in [0.15, 0.2) is 5.96 Å². The SMILES string of the molecule is CCNC(=NCC(C)(C)NC(=O)OC(C)(C)C)NCC(O)c1ccc(OC)cc1.I. The van der Waals surface area contributed by atoms with E-state index in [1.165, 1.54) is 0 Å². The molecule has 0 bridgehead atoms. The third-order valence-electron chi connectivity index (χ3n) is 3.78. The number of aliphatic hydroxyl groups excluding tert-OH is 1. The molecule has 1 aromatic carbocycles. The molecule has 0 aromatic heterocycles. The van der Waals surface area contributed by atoms with Crippen LogP contribution >= 0.6 is 24.0 Å². The van der Waals surface area contributed by atoms with Crippen molar-refractivity contribution in [2.24, 2.45) is 4.99 Å². The Kier molecular flexibility index (Phi) is 12.1. The summed E-state index contributed by atoms with van der Waals surface area (Å²) in [6, 6.07) is 7.26. The Morgan fingerprint density at radius 1 is 1.13 bits per heavy atom. The molecule has 30 heavy (non-hydrogen) atoms. The van der Waals surface area contributed by atoms with Crippen LogP contribution < -0.4 is 20.7 Å². The number of nitrogens with one attached hydrogen (secondary N) is 3. The van der Waals surface area contributed by atoms with Gasteiger partial charge in [0, 0.05) is 13.1 Å². The lowest BCUT2D eigenvalue weighted by atomic mass is 10.1. The number of rotatable bonds is 8. The van der Waals surface area contributed by atoms with Crippen molar-refractivity contribution in [2.75, 3.05) is 26.7 Å². The van der Waals surface area contributed by atoms with Crippen LogP contribution in [0.5, 0.6) is 5.75 Å². The van der Waals surface area contributed by atoms with E-state index in [-0.39, 0.29) is 30.5 Å². The fraction of sp³-hybridized carbons (Fsp3) is 0.619. The van der Waals surface area contributed by atoms with E-state index in [9.17, 15) is 9.90 Å². The highest BCUT2D eigenvalue weighted by Crippen LogP contribution is 2.17. The Morgan fingerprint density at radius 3 is 2.23 bits per heavy atom. The molecule has 1 unspecified atom stereocenters. The number of aliphatic hydroxyl groups is 1. The van der Waals surface area contributed by atoms with Crippen molar-refractivity contribution in [1.29, 1.82) is 0 Å². The van der Waals surface area contributed by atoms with Gasteiger partial charge in [0.25, 0.3) is 0 Å². The molecule has 0 fully saturated rings. The molecule has 0 aliphatic rings. The summed E-state index contributed by atoms with van der Waals surface area (Å²) in [6.45, 7) is 12.5. The van der Waals surface area contributed by atoms with Crippen LogP contribution in [0.1, 0.15) is 53.2 Å². The molecule has 0 spiro atoms. The van der Waals surface area contributed by atoms with E-state index in [0.29, 0.717) is 19.0 Å². The minimum absolute atomic E-state index is 0. The van der Waals surface area contributed by atoms with Gasteiger partial charge < -0.3 is 30.5 Å². The summed E-state index contributed by atoms with van der Waals surface area (Å²) in [6.07, 6.45) is -1.18. The zero-order valence-electron chi connectivity index (χ0n) is 19.0. The van der Waals surface area contributed by atoms with Gasteiger partial charge in [-0.2, -0.15) is 0 Å². The second kappa shape index (κ2) is 12.8. The van der Waals surface area contributed by atoms with Gasteiger partial charge in [-0.3, -0.25) is 4.99 Å². The number of alkyl carbamates (subject to hydrolysis) is 1. The highest BCUT2D eigenvalue weighted by molar-refractivity contribution is 14.0. The molecule has 1 aromatic rings. The number of halogens is 1. The Bertz CT molecular complexity index is 673. The van der Waals surface area contributed by atoms with Crippen molar-refractivity contribution < 1.29 is 19.4 Å². The van der Waals surface area contributed by atoms with Crippen LogP contribution in [0.15, 0.2) is 29.3 Å². The second-order valence-corrected chi connectivity index (χ2v) is 8.38. The van der Waals surface area contributed by atoms with E-state index >= 15 is 0 Å². The van der Waals surface area contributed by atoms with Crippen LogP contribution in [0.2, 0.25) is 0 Å². The first-order valence-corrected chi connectivity index (χ1v) is 9.81. The number of nitrogens with zero attached hydrogens (tertiary/aromatic N) is 1. The zero-order chi connectivity index (χ0) is 22.1. The lowest BCUT2D eigenvalue weighted by Crippen LogP contribution is -2.49. The molecule has 8 nitrogen and oxygen atoms in total. The maximum Gasteiger partial charge on any atom is 0.408 e. The number of hydrogen-bond donors (Lipinski definition) is 4. The number of aliphatic imine (C=N–C) groups is 1. The van der Waals surface area contributed by atoms with Gasteiger partial charge in [0.2, 0.25) is 0 Å². The third kappa shape index (κ3) is 11.4. The highest BCUT2D eigenvalue weighted by atomic mass is 127. The van der Waals surface area contributed by atoms with Gasteiger partial charge in [-0.1, -0.05) is 12.1 Å². The maximum atomic E-state index is 12.0. The number of benzene rings is 1. The first-order chi connectivity index (χ1) is 13.5. The summed E-state index contributed by atoms with van der Waals surface area (Å²) in [4.78, 5) is 16.5. The molecule has 0 heterocycles. The van der Waals surface area contributed by atoms with Gasteiger partial charge in [-0.25, -0.2) is 4.79 Å². The van der Waals surface area contributed by atoms with Crippen LogP contribution in [0.25, 0.3) is 0 Å². The van der Waals surface area contributed by atoms with Crippen LogP contribution in [0.4, 0.5) is 4.79 Å². The zero-order valence-corrected chi connectivity index (χ0v) is 21.4. The topological polar surface area (TPSA) is 104 Å². The van der Waals surface area contributed by atoms with Crippen LogP contribution in [0.3, 0.4) is 0 Å². The summed E-state index contributed by atoms with van der Waals surface area (Å²) >= 11 is 0. The summed E-state index contributed by atoms with van der Waals surface area (Å²) in [5.41, 5.74) is -0.377. The number of methoxy groups -OCH3 is 1. The first kappa shape index (κ1) is 28.2. The summed E-state index contributed by atoms with van der Waals surface area (Å²) in [7, 11) is 1.60. The smallest absolute Gasteiger partial charge is 0.408 e. The minimum atomic E-state index is -0.697. The van der Waals surface area contributed by atoms with E-state index < -0.39 is 23.3 Å². The Balaban J connectivity index is 0.00000841. The number of hydrogen-bond acceptors (Lipinski definition) is 5. The molecule has 1 rings (SSSR count). The van der Waals surface area contributed by atoms with Gasteiger partial charge in [-0.15, -0.1) is 24.0 Å². The van der Waals surface area contributed by atoms with Crippen LogP contribution in [-0.4, -0.2) is 55.0 Å². The monoisotopic (exact) mass is 536 g/mol. The van der Waals surface area contributed by atoms with E-state index in [4.69, 9.17) is 9.47 Å². The van der Waals surface area contributed by atoms with E-state index in [1.54, 1.807) is 7.11 Å². The van der Waals surface area contributed by atoms with Crippen molar-refractivity contribution in [3.63, 3.8) is 0 Å². The Labute approximate surface area is 197 Å². The van der Waals surface area contributed by atoms with Gasteiger partial charge in [-0.05, 0) is 59.2 Å². The number of carbonyl (C=O) groups excluding carboxylic acids is 1. The predicted octanol–water partition coefficient (Wildman–Crippen LogP) is 3.21. The van der Waals surface area contributed by atoms with Gasteiger partial charge >= 0.3 is 6.09 Å². The quantitative estimate of drug-likeness (QED) is 0.231. The normalized spacial score (nSPS) is 13.0.